The molecule has 0 bridgehead atoms. The maximum absolute atomic E-state index is 9.97. The van der Waals surface area contributed by atoms with Crippen molar-refractivity contribution in [2.24, 2.45) is 5.92 Å². The van der Waals surface area contributed by atoms with E-state index in [4.69, 9.17) is 9.39 Å². The Bertz CT molecular complexity index is 755. The maximum atomic E-state index is 9.97. The molecule has 0 saturated carbocycles. The summed E-state index contributed by atoms with van der Waals surface area (Å²) >= 11 is 2.10. The minimum absolute atomic E-state index is 0.138. The summed E-state index contributed by atoms with van der Waals surface area (Å²) in [6.07, 6.45) is 6.14. The van der Waals surface area contributed by atoms with Crippen molar-refractivity contribution in [2.45, 2.75) is 46.0 Å². The summed E-state index contributed by atoms with van der Waals surface area (Å²) in [4.78, 5) is 0. The van der Waals surface area contributed by atoms with E-state index in [0.29, 0.717) is 18.0 Å². The molecule has 6 heteroatoms. The van der Waals surface area contributed by atoms with Crippen LogP contribution in [0.25, 0.3) is 6.08 Å². The number of allylic oxidation sites excluding steroid dienone is 2. The molecule has 1 aliphatic rings. The molecule has 1 aromatic rings. The Balaban J connectivity index is 2.11. The van der Waals surface area contributed by atoms with E-state index in [2.05, 4.69) is 62.1 Å². The molecule has 1 atom stereocenters. The molecule has 1 aliphatic heterocycles. The van der Waals surface area contributed by atoms with E-state index in [9.17, 15) is 10.1 Å². The summed E-state index contributed by atoms with van der Waals surface area (Å²) in [7, 11) is 0.804. The third kappa shape index (κ3) is 5.86. The van der Waals surface area contributed by atoms with Crippen LogP contribution in [-0.2, 0) is 4.65 Å². The Kier molecular flexibility index (Phi) is 8.00. The molecule has 0 aliphatic carbocycles. The fourth-order valence-electron chi connectivity index (χ4n) is 3.12. The van der Waals surface area contributed by atoms with Gasteiger partial charge in [-0.3, -0.25) is 0 Å². The first-order chi connectivity index (χ1) is 12.7. The molecule has 27 heavy (non-hydrogen) atoms. The lowest BCUT2D eigenvalue weighted by atomic mass is 9.76. The van der Waals surface area contributed by atoms with Crippen LogP contribution in [0.4, 0.5) is 0 Å². The highest BCUT2D eigenvalue weighted by molar-refractivity contribution is 14.1. The number of aromatic hydroxyl groups is 1. The topological polar surface area (TPSA) is 58.9 Å². The van der Waals surface area contributed by atoms with E-state index in [1.165, 1.54) is 5.57 Å². The maximum Gasteiger partial charge on any atom is 0.458 e. The van der Waals surface area contributed by atoms with Gasteiger partial charge in [-0.1, -0.05) is 38.2 Å². The van der Waals surface area contributed by atoms with Gasteiger partial charge in [0.05, 0.1) is 16.8 Å². The summed E-state index contributed by atoms with van der Waals surface area (Å²) < 4.78 is 11.8. The van der Waals surface area contributed by atoms with Crippen LogP contribution < -0.4 is 4.74 Å². The molecule has 0 amide bonds. The van der Waals surface area contributed by atoms with Gasteiger partial charge in [0.15, 0.2) is 11.5 Å². The largest absolute Gasteiger partial charge is 0.504 e. The molecule has 0 saturated heterocycles. The molecule has 1 unspecified atom stereocenters. The normalized spacial score (nSPS) is 17.9. The predicted octanol–water partition coefficient (Wildman–Crippen LogP) is 5.21. The van der Waals surface area contributed by atoms with Crippen LogP contribution in [0.2, 0.25) is 6.32 Å². The van der Waals surface area contributed by atoms with Crippen molar-refractivity contribution in [2.75, 3.05) is 7.11 Å². The van der Waals surface area contributed by atoms with Crippen LogP contribution in [0.15, 0.2) is 41.5 Å². The molecule has 2 N–H and O–H groups in total. The van der Waals surface area contributed by atoms with Gasteiger partial charge in [0, 0.05) is 6.32 Å². The van der Waals surface area contributed by atoms with Gasteiger partial charge in [-0.05, 0) is 77.1 Å². The van der Waals surface area contributed by atoms with Gasteiger partial charge < -0.3 is 19.5 Å². The van der Waals surface area contributed by atoms with Gasteiger partial charge in [0.25, 0.3) is 0 Å². The zero-order chi connectivity index (χ0) is 20.1. The van der Waals surface area contributed by atoms with Crippen molar-refractivity contribution < 1.29 is 19.5 Å². The standard InChI is InChI=1S/C21H28BIO4/c1-13(2)15(4)17-8-9-22(25)27-19(17)7-6-14(3)10-16-11-18(23)21(24)20(12-16)26-5/h8,10-13,19,24-25H,4,6-7,9H2,1-3,5H3/b14-10+. The van der Waals surface area contributed by atoms with Crippen LogP contribution in [0.1, 0.15) is 39.2 Å². The van der Waals surface area contributed by atoms with Crippen molar-refractivity contribution in [3.05, 3.63) is 50.6 Å². The number of benzene rings is 1. The molecule has 1 heterocycles. The highest BCUT2D eigenvalue weighted by atomic mass is 127. The van der Waals surface area contributed by atoms with E-state index >= 15 is 0 Å². The first-order valence-electron chi connectivity index (χ1n) is 9.19. The van der Waals surface area contributed by atoms with E-state index in [1.807, 2.05) is 12.1 Å². The summed E-state index contributed by atoms with van der Waals surface area (Å²) in [6.45, 7) is 10.5. The van der Waals surface area contributed by atoms with Crippen LogP contribution in [0.5, 0.6) is 11.5 Å². The fourth-order valence-corrected chi connectivity index (χ4v) is 3.75. The quantitative estimate of drug-likeness (QED) is 0.414. The second kappa shape index (κ2) is 9.80. The average molecular weight is 482 g/mol. The van der Waals surface area contributed by atoms with Crippen LogP contribution in [0.3, 0.4) is 0 Å². The first kappa shape index (κ1) is 22.0. The number of phenols is 1. The monoisotopic (exact) mass is 482 g/mol. The molecule has 1 aromatic carbocycles. The number of rotatable bonds is 7. The summed E-state index contributed by atoms with van der Waals surface area (Å²) in [5.41, 5.74) is 4.37. The Morgan fingerprint density at radius 2 is 2.19 bits per heavy atom. The predicted molar refractivity (Wildman–Crippen MR) is 120 cm³/mol. The van der Waals surface area contributed by atoms with Crippen LogP contribution in [0, 0.1) is 9.49 Å². The molecule has 146 valence electrons. The third-order valence-electron chi connectivity index (χ3n) is 4.76. The average Bonchev–Trinajstić information content (AvgIpc) is 2.62. The zero-order valence-corrected chi connectivity index (χ0v) is 18.6. The number of ether oxygens (including phenoxy) is 1. The lowest BCUT2D eigenvalue weighted by Gasteiger charge is -2.29. The number of hydrogen-bond donors (Lipinski definition) is 2. The van der Waals surface area contributed by atoms with E-state index in [0.717, 1.165) is 33.1 Å². The second-order valence-corrected chi connectivity index (χ2v) is 8.40. The van der Waals surface area contributed by atoms with Gasteiger partial charge in [0.1, 0.15) is 0 Å². The zero-order valence-electron chi connectivity index (χ0n) is 16.5. The molecule has 0 radical (unpaired) electrons. The van der Waals surface area contributed by atoms with Gasteiger partial charge in [-0.2, -0.15) is 0 Å². The van der Waals surface area contributed by atoms with Crippen molar-refractivity contribution in [1.82, 2.24) is 0 Å². The van der Waals surface area contributed by atoms with Crippen molar-refractivity contribution in [3.8, 4) is 11.5 Å². The van der Waals surface area contributed by atoms with Gasteiger partial charge in [0.2, 0.25) is 0 Å². The van der Waals surface area contributed by atoms with Crippen LogP contribution in [-0.4, -0.2) is 30.5 Å². The lowest BCUT2D eigenvalue weighted by Crippen LogP contribution is -2.32. The Morgan fingerprint density at radius 1 is 1.48 bits per heavy atom. The number of phenolic OH excluding ortho intramolecular Hbond substituents is 1. The van der Waals surface area contributed by atoms with E-state index in [-0.39, 0.29) is 11.9 Å². The minimum Gasteiger partial charge on any atom is -0.504 e. The second-order valence-electron chi connectivity index (χ2n) is 7.24. The number of methoxy groups -OCH3 is 1. The summed E-state index contributed by atoms with van der Waals surface area (Å²) in [5.74, 6) is 0.985. The number of halogens is 1. The molecule has 2 rings (SSSR count). The molecule has 0 fully saturated rings. The molecule has 0 spiro atoms. The fraction of sp³-hybridized carbons (Fsp3) is 0.429. The molecule has 0 aromatic heterocycles. The molecular formula is C21H28BIO4. The van der Waals surface area contributed by atoms with Crippen molar-refractivity contribution in [1.29, 1.82) is 0 Å². The third-order valence-corrected chi connectivity index (χ3v) is 5.58. The summed E-state index contributed by atoms with van der Waals surface area (Å²) in [6, 6.07) is 3.75. The highest BCUT2D eigenvalue weighted by Crippen LogP contribution is 2.34. The van der Waals surface area contributed by atoms with E-state index < -0.39 is 7.12 Å². The Labute approximate surface area is 176 Å². The van der Waals surface area contributed by atoms with Crippen molar-refractivity contribution in [3.63, 3.8) is 0 Å². The Morgan fingerprint density at radius 3 is 2.81 bits per heavy atom. The van der Waals surface area contributed by atoms with Gasteiger partial charge in [-0.25, -0.2) is 0 Å². The molecular weight excluding hydrogens is 454 g/mol. The van der Waals surface area contributed by atoms with Crippen molar-refractivity contribution >= 4 is 35.8 Å². The van der Waals surface area contributed by atoms with Gasteiger partial charge >= 0.3 is 7.12 Å². The highest BCUT2D eigenvalue weighted by Gasteiger charge is 2.28. The smallest absolute Gasteiger partial charge is 0.458 e. The lowest BCUT2D eigenvalue weighted by molar-refractivity contribution is 0.182. The number of hydrogen-bond acceptors (Lipinski definition) is 4. The minimum atomic E-state index is -0.745. The Hall–Kier alpha value is -1.25. The summed E-state index contributed by atoms with van der Waals surface area (Å²) in [5, 5.41) is 19.9. The molecule has 4 nitrogen and oxygen atoms in total. The first-order valence-corrected chi connectivity index (χ1v) is 10.3. The van der Waals surface area contributed by atoms with Gasteiger partial charge in [-0.15, -0.1) is 0 Å². The SMILES string of the molecule is C=C(C1=CCB(O)OC1CC/C(C)=C/c1cc(I)c(O)c(OC)c1)C(C)C. The van der Waals surface area contributed by atoms with Crippen LogP contribution >= 0.6 is 22.6 Å². The van der Waals surface area contributed by atoms with E-state index in [1.54, 1.807) is 7.11 Å².